The van der Waals surface area contributed by atoms with E-state index in [9.17, 15) is 4.79 Å². The highest BCUT2D eigenvalue weighted by molar-refractivity contribution is 5.88. The second-order valence-corrected chi connectivity index (χ2v) is 3.10. The Bertz CT molecular complexity index is 318. The van der Waals surface area contributed by atoms with Gasteiger partial charge in [0, 0.05) is 6.42 Å². The van der Waals surface area contributed by atoms with Crippen molar-refractivity contribution in [2.75, 3.05) is 13.1 Å². The molecule has 1 aliphatic rings. The van der Waals surface area contributed by atoms with Gasteiger partial charge in [0.2, 0.25) is 5.89 Å². The Labute approximate surface area is 74.5 Å². The Kier molecular flexibility index (Phi) is 1.97. The molecule has 1 saturated heterocycles. The van der Waals surface area contributed by atoms with Gasteiger partial charge in [0.1, 0.15) is 0 Å². The van der Waals surface area contributed by atoms with Crippen LogP contribution >= 0.6 is 0 Å². The molecule has 70 valence electrons. The summed E-state index contributed by atoms with van der Waals surface area (Å²) in [5, 5.41) is 6.58. The Morgan fingerprint density at radius 1 is 1.69 bits per heavy atom. The number of hydrogen-bond donors (Lipinski definition) is 2. The average Bonchev–Trinajstić information content (AvgIpc) is 2.44. The van der Waals surface area contributed by atoms with Crippen LogP contribution in [0.5, 0.6) is 0 Å². The average molecular weight is 182 g/mol. The molecule has 0 unspecified atom stereocenters. The number of nitrogens with two attached hydrogens (primary N) is 1. The van der Waals surface area contributed by atoms with Crippen LogP contribution in [0.2, 0.25) is 0 Å². The predicted octanol–water partition coefficient (Wildman–Crippen LogP) is -1.07. The summed E-state index contributed by atoms with van der Waals surface area (Å²) in [6.07, 6.45) is 0.716. The van der Waals surface area contributed by atoms with E-state index in [1.54, 1.807) is 0 Å². The number of hydrogen-bond acceptors (Lipinski definition) is 5. The third kappa shape index (κ3) is 1.67. The molecule has 2 heterocycles. The van der Waals surface area contributed by atoms with Crippen LogP contribution in [0.1, 0.15) is 16.5 Å². The maximum absolute atomic E-state index is 10.6. The number of nitrogens with zero attached hydrogens (tertiary/aromatic N) is 2. The van der Waals surface area contributed by atoms with Crippen LogP contribution in [-0.4, -0.2) is 29.1 Å². The molecule has 1 aliphatic heterocycles. The number of amides is 1. The first-order chi connectivity index (χ1) is 6.25. The molecule has 1 amide bonds. The number of carbonyl (C=O) groups excluding carboxylic acids is 1. The largest absolute Gasteiger partial charge is 0.363 e. The van der Waals surface area contributed by atoms with Crippen molar-refractivity contribution in [3.63, 3.8) is 0 Å². The number of aromatic nitrogens is 2. The molecule has 13 heavy (non-hydrogen) atoms. The predicted molar refractivity (Wildman–Crippen MR) is 42.9 cm³/mol. The van der Waals surface area contributed by atoms with Gasteiger partial charge in [-0.1, -0.05) is 5.16 Å². The standard InChI is InChI=1S/C7H10N4O2/c8-6(12)7-10-5(13-11-7)1-4-2-9-3-4/h4,9H,1-3H2,(H2,8,12). The third-order valence-corrected chi connectivity index (χ3v) is 2.02. The molecule has 0 saturated carbocycles. The number of nitrogens with one attached hydrogen (secondary N) is 1. The number of primary amides is 1. The van der Waals surface area contributed by atoms with Crippen LogP contribution in [0.4, 0.5) is 0 Å². The quantitative estimate of drug-likeness (QED) is 0.620. The molecule has 3 N–H and O–H groups in total. The second kappa shape index (κ2) is 3.14. The van der Waals surface area contributed by atoms with E-state index in [1.165, 1.54) is 0 Å². The van der Waals surface area contributed by atoms with E-state index in [4.69, 9.17) is 10.3 Å². The molecule has 6 heteroatoms. The van der Waals surface area contributed by atoms with Gasteiger partial charge < -0.3 is 15.6 Å². The van der Waals surface area contributed by atoms with Crippen LogP contribution in [-0.2, 0) is 6.42 Å². The second-order valence-electron chi connectivity index (χ2n) is 3.10. The first kappa shape index (κ1) is 8.18. The zero-order valence-electron chi connectivity index (χ0n) is 6.99. The van der Waals surface area contributed by atoms with Gasteiger partial charge in [-0.25, -0.2) is 0 Å². The van der Waals surface area contributed by atoms with Gasteiger partial charge >= 0.3 is 0 Å². The maximum Gasteiger partial charge on any atom is 0.290 e. The molecular formula is C7H10N4O2. The van der Waals surface area contributed by atoms with Gasteiger partial charge in [0.15, 0.2) is 0 Å². The van der Waals surface area contributed by atoms with E-state index in [1.807, 2.05) is 0 Å². The minimum atomic E-state index is -0.651. The summed E-state index contributed by atoms with van der Waals surface area (Å²) < 4.78 is 4.84. The Hall–Kier alpha value is -1.43. The van der Waals surface area contributed by atoms with E-state index in [0.29, 0.717) is 18.2 Å². The molecule has 6 nitrogen and oxygen atoms in total. The Balaban J connectivity index is 2.00. The highest BCUT2D eigenvalue weighted by atomic mass is 16.5. The lowest BCUT2D eigenvalue weighted by atomic mass is 10.00. The zero-order chi connectivity index (χ0) is 9.26. The fourth-order valence-corrected chi connectivity index (χ4v) is 1.18. The summed E-state index contributed by atoms with van der Waals surface area (Å²) >= 11 is 0. The summed E-state index contributed by atoms with van der Waals surface area (Å²) in [6, 6.07) is 0. The minimum Gasteiger partial charge on any atom is -0.363 e. The maximum atomic E-state index is 10.6. The molecule has 1 aromatic heterocycles. The number of rotatable bonds is 3. The zero-order valence-corrected chi connectivity index (χ0v) is 6.99. The summed E-state index contributed by atoms with van der Waals surface area (Å²) in [7, 11) is 0. The van der Waals surface area contributed by atoms with Gasteiger partial charge in [0.25, 0.3) is 11.7 Å². The summed E-state index contributed by atoms with van der Waals surface area (Å²) in [5.74, 6) is 0.338. The molecule has 0 radical (unpaired) electrons. The molecule has 0 aromatic carbocycles. The fraction of sp³-hybridized carbons (Fsp3) is 0.571. The van der Waals surface area contributed by atoms with E-state index in [0.717, 1.165) is 13.1 Å². The van der Waals surface area contributed by atoms with Gasteiger partial charge in [-0.2, -0.15) is 4.98 Å². The van der Waals surface area contributed by atoms with E-state index in [-0.39, 0.29) is 5.82 Å². The van der Waals surface area contributed by atoms with Crippen LogP contribution < -0.4 is 11.1 Å². The fourth-order valence-electron chi connectivity index (χ4n) is 1.18. The smallest absolute Gasteiger partial charge is 0.290 e. The van der Waals surface area contributed by atoms with Crippen LogP contribution in [0.3, 0.4) is 0 Å². The topological polar surface area (TPSA) is 94.0 Å². The first-order valence-electron chi connectivity index (χ1n) is 4.09. The molecule has 0 bridgehead atoms. The van der Waals surface area contributed by atoms with Gasteiger partial charge in [-0.15, -0.1) is 0 Å². The minimum absolute atomic E-state index is 0.0396. The van der Waals surface area contributed by atoms with E-state index < -0.39 is 5.91 Å². The molecule has 1 fully saturated rings. The highest BCUT2D eigenvalue weighted by Crippen LogP contribution is 2.10. The van der Waals surface area contributed by atoms with Crippen molar-refractivity contribution in [2.45, 2.75) is 6.42 Å². The summed E-state index contributed by atoms with van der Waals surface area (Å²) in [6.45, 7) is 1.93. The normalized spacial score (nSPS) is 16.9. The lowest BCUT2D eigenvalue weighted by molar-refractivity contribution is 0.0987. The van der Waals surface area contributed by atoms with Crippen molar-refractivity contribution in [3.05, 3.63) is 11.7 Å². The van der Waals surface area contributed by atoms with Crippen molar-refractivity contribution in [1.29, 1.82) is 0 Å². The SMILES string of the molecule is NC(=O)c1noc(CC2CNC2)n1. The Morgan fingerprint density at radius 3 is 2.92 bits per heavy atom. The van der Waals surface area contributed by atoms with Crippen molar-refractivity contribution in [1.82, 2.24) is 15.5 Å². The lowest BCUT2D eigenvalue weighted by Gasteiger charge is -2.25. The monoisotopic (exact) mass is 182 g/mol. The van der Waals surface area contributed by atoms with Gasteiger partial charge in [-0.3, -0.25) is 4.79 Å². The molecule has 0 spiro atoms. The molecular weight excluding hydrogens is 172 g/mol. The number of carbonyl (C=O) groups is 1. The van der Waals surface area contributed by atoms with Gasteiger partial charge in [-0.05, 0) is 19.0 Å². The Morgan fingerprint density at radius 2 is 2.46 bits per heavy atom. The van der Waals surface area contributed by atoms with E-state index in [2.05, 4.69) is 15.5 Å². The van der Waals surface area contributed by atoms with Crippen molar-refractivity contribution in [3.8, 4) is 0 Å². The van der Waals surface area contributed by atoms with Crippen molar-refractivity contribution < 1.29 is 9.32 Å². The van der Waals surface area contributed by atoms with Gasteiger partial charge in [0.05, 0.1) is 0 Å². The van der Waals surface area contributed by atoms with Crippen molar-refractivity contribution in [2.24, 2.45) is 11.7 Å². The molecule has 1 aromatic rings. The molecule has 2 rings (SSSR count). The third-order valence-electron chi connectivity index (χ3n) is 2.02. The lowest BCUT2D eigenvalue weighted by Crippen LogP contribution is -2.43. The van der Waals surface area contributed by atoms with Crippen LogP contribution in [0, 0.1) is 5.92 Å². The van der Waals surface area contributed by atoms with Crippen molar-refractivity contribution >= 4 is 5.91 Å². The summed E-state index contributed by atoms with van der Waals surface area (Å²) in [4.78, 5) is 14.5. The first-order valence-corrected chi connectivity index (χ1v) is 4.09. The van der Waals surface area contributed by atoms with Crippen LogP contribution in [0.15, 0.2) is 4.52 Å². The molecule has 0 aliphatic carbocycles. The highest BCUT2D eigenvalue weighted by Gasteiger charge is 2.21. The summed E-state index contributed by atoms with van der Waals surface area (Å²) in [5.41, 5.74) is 4.97. The van der Waals surface area contributed by atoms with E-state index >= 15 is 0 Å². The molecule has 0 atom stereocenters. The van der Waals surface area contributed by atoms with Crippen LogP contribution in [0.25, 0.3) is 0 Å².